The minimum Gasteiger partial charge on any atom is -0.496 e. The highest BCUT2D eigenvalue weighted by Crippen LogP contribution is 2.33. The van der Waals surface area contributed by atoms with E-state index in [1.165, 1.54) is 11.3 Å². The second kappa shape index (κ2) is 13.0. The van der Waals surface area contributed by atoms with Crippen molar-refractivity contribution in [1.82, 2.24) is 5.32 Å². The molecular formula is C32H31NO5S. The van der Waals surface area contributed by atoms with Crippen LogP contribution in [-0.4, -0.2) is 31.4 Å². The van der Waals surface area contributed by atoms with Crippen molar-refractivity contribution in [1.29, 1.82) is 0 Å². The number of benzene rings is 3. The first kappa shape index (κ1) is 27.8. The molecule has 1 aromatic heterocycles. The standard InChI is InChI=1S/C32H31NO5S/c1-4-38-31(35)17-22-5-7-23(8-6-22)19-33-32(36)30-18-27(20-39-30)25-10-12-26(13-11-25)28-14-9-24(15-21(2)34)16-29(28)37-3/h5-14,16,18,20H,4,15,17,19H2,1-3H3,(H,33,36). The smallest absolute Gasteiger partial charge is 0.310 e. The molecule has 200 valence electrons. The quantitative estimate of drug-likeness (QED) is 0.227. The van der Waals surface area contributed by atoms with Crippen LogP contribution in [0.5, 0.6) is 5.75 Å². The zero-order valence-electron chi connectivity index (χ0n) is 22.3. The van der Waals surface area contributed by atoms with E-state index in [-0.39, 0.29) is 24.1 Å². The van der Waals surface area contributed by atoms with Gasteiger partial charge in [0.05, 0.1) is 25.0 Å². The number of hydrogen-bond acceptors (Lipinski definition) is 6. The van der Waals surface area contributed by atoms with Gasteiger partial charge in [0.1, 0.15) is 11.5 Å². The summed E-state index contributed by atoms with van der Waals surface area (Å²) in [6.45, 7) is 4.13. The number of methoxy groups -OCH3 is 1. The molecule has 0 fully saturated rings. The maximum atomic E-state index is 12.8. The van der Waals surface area contributed by atoms with Crippen molar-refractivity contribution in [3.05, 3.63) is 99.7 Å². The van der Waals surface area contributed by atoms with Crippen molar-refractivity contribution in [2.24, 2.45) is 0 Å². The van der Waals surface area contributed by atoms with Crippen LogP contribution < -0.4 is 10.1 Å². The van der Waals surface area contributed by atoms with E-state index in [4.69, 9.17) is 9.47 Å². The van der Waals surface area contributed by atoms with Gasteiger partial charge in [-0.15, -0.1) is 11.3 Å². The van der Waals surface area contributed by atoms with E-state index in [2.05, 4.69) is 5.32 Å². The van der Waals surface area contributed by atoms with Crippen LogP contribution in [0.2, 0.25) is 0 Å². The van der Waals surface area contributed by atoms with Gasteiger partial charge in [0.25, 0.3) is 5.91 Å². The number of amides is 1. The number of nitrogens with one attached hydrogen (secondary N) is 1. The maximum Gasteiger partial charge on any atom is 0.310 e. The molecule has 0 radical (unpaired) electrons. The summed E-state index contributed by atoms with van der Waals surface area (Å²) in [6.07, 6.45) is 0.618. The van der Waals surface area contributed by atoms with Crippen molar-refractivity contribution < 1.29 is 23.9 Å². The Hall–Kier alpha value is -4.23. The second-order valence-corrected chi connectivity index (χ2v) is 10.1. The average molecular weight is 542 g/mol. The summed E-state index contributed by atoms with van der Waals surface area (Å²) in [6, 6.07) is 23.4. The summed E-state index contributed by atoms with van der Waals surface area (Å²) in [5, 5.41) is 4.94. The summed E-state index contributed by atoms with van der Waals surface area (Å²) in [4.78, 5) is 36.5. The van der Waals surface area contributed by atoms with E-state index < -0.39 is 0 Å². The highest BCUT2D eigenvalue weighted by Gasteiger charge is 2.12. The molecule has 7 heteroatoms. The molecule has 0 atom stereocenters. The van der Waals surface area contributed by atoms with Crippen LogP contribution in [0.3, 0.4) is 0 Å². The zero-order chi connectivity index (χ0) is 27.8. The van der Waals surface area contributed by atoms with Gasteiger partial charge in [-0.05, 0) is 64.7 Å². The van der Waals surface area contributed by atoms with Gasteiger partial charge in [0.15, 0.2) is 0 Å². The molecule has 1 heterocycles. The summed E-state index contributed by atoms with van der Waals surface area (Å²) in [7, 11) is 1.63. The number of thiophene rings is 1. The van der Waals surface area contributed by atoms with E-state index in [1.54, 1.807) is 21.0 Å². The zero-order valence-corrected chi connectivity index (χ0v) is 23.1. The molecular weight excluding hydrogens is 510 g/mol. The summed E-state index contributed by atoms with van der Waals surface area (Å²) in [5.41, 5.74) is 6.70. The molecule has 0 aliphatic heterocycles. The molecule has 1 N–H and O–H groups in total. The summed E-state index contributed by atoms with van der Waals surface area (Å²) in [5.74, 6) is 0.458. The SMILES string of the molecule is CCOC(=O)Cc1ccc(CNC(=O)c2cc(-c3ccc(-c4ccc(CC(C)=O)cc4OC)cc3)cs2)cc1. The van der Waals surface area contributed by atoms with Crippen molar-refractivity contribution in [2.75, 3.05) is 13.7 Å². The van der Waals surface area contributed by atoms with Gasteiger partial charge in [-0.3, -0.25) is 14.4 Å². The molecule has 0 bridgehead atoms. The number of ketones is 1. The molecule has 6 nitrogen and oxygen atoms in total. The van der Waals surface area contributed by atoms with E-state index in [1.807, 2.05) is 78.2 Å². The Kier molecular flexibility index (Phi) is 9.28. The normalized spacial score (nSPS) is 10.6. The molecule has 0 aliphatic carbocycles. The molecule has 0 spiro atoms. The Morgan fingerprint density at radius 1 is 0.795 bits per heavy atom. The first-order valence-corrected chi connectivity index (χ1v) is 13.6. The molecule has 4 rings (SSSR count). The summed E-state index contributed by atoms with van der Waals surface area (Å²) < 4.78 is 10.6. The van der Waals surface area contributed by atoms with E-state index in [9.17, 15) is 14.4 Å². The van der Waals surface area contributed by atoms with Gasteiger partial charge in [0.2, 0.25) is 0 Å². The van der Waals surface area contributed by atoms with Crippen LogP contribution in [0.25, 0.3) is 22.3 Å². The van der Waals surface area contributed by atoms with E-state index >= 15 is 0 Å². The third kappa shape index (κ3) is 7.42. The Bertz CT molecular complexity index is 1450. The van der Waals surface area contributed by atoms with Crippen LogP contribution in [0, 0.1) is 0 Å². The largest absolute Gasteiger partial charge is 0.496 e. The van der Waals surface area contributed by atoms with Gasteiger partial charge >= 0.3 is 5.97 Å². The molecule has 0 saturated heterocycles. The minimum absolute atomic E-state index is 0.111. The van der Waals surface area contributed by atoms with Gasteiger partial charge in [-0.1, -0.05) is 60.7 Å². The fourth-order valence-corrected chi connectivity index (χ4v) is 5.08. The van der Waals surface area contributed by atoms with Crippen LogP contribution in [-0.2, 0) is 33.7 Å². The Balaban J connectivity index is 1.37. The maximum absolute atomic E-state index is 12.8. The van der Waals surface area contributed by atoms with Gasteiger partial charge < -0.3 is 14.8 Å². The van der Waals surface area contributed by atoms with Crippen molar-refractivity contribution in [3.8, 4) is 28.0 Å². The van der Waals surface area contributed by atoms with Crippen LogP contribution >= 0.6 is 11.3 Å². The lowest BCUT2D eigenvalue weighted by atomic mass is 9.98. The lowest BCUT2D eigenvalue weighted by Gasteiger charge is -2.11. The van der Waals surface area contributed by atoms with Gasteiger partial charge in [0, 0.05) is 18.5 Å². The predicted molar refractivity (Wildman–Crippen MR) is 154 cm³/mol. The van der Waals surface area contributed by atoms with Crippen LogP contribution in [0.15, 0.2) is 78.2 Å². The molecule has 0 unspecified atom stereocenters. The lowest BCUT2D eigenvalue weighted by Crippen LogP contribution is -2.21. The first-order valence-electron chi connectivity index (χ1n) is 12.7. The molecule has 1 amide bonds. The number of rotatable bonds is 11. The average Bonchev–Trinajstić information content (AvgIpc) is 3.43. The summed E-state index contributed by atoms with van der Waals surface area (Å²) >= 11 is 1.40. The minimum atomic E-state index is -0.249. The Morgan fingerprint density at radius 2 is 1.46 bits per heavy atom. The van der Waals surface area contributed by atoms with Crippen molar-refractivity contribution >= 4 is 29.0 Å². The number of carbonyl (C=O) groups excluding carboxylic acids is 3. The number of Topliss-reactive ketones (excluding diaryl/α,β-unsaturated/α-hetero) is 1. The molecule has 0 aliphatic rings. The lowest BCUT2D eigenvalue weighted by molar-refractivity contribution is -0.142. The molecule has 0 saturated carbocycles. The number of ether oxygens (including phenoxy) is 2. The van der Waals surface area contributed by atoms with Crippen LogP contribution in [0.4, 0.5) is 0 Å². The second-order valence-electron chi connectivity index (χ2n) is 9.17. The molecule has 39 heavy (non-hydrogen) atoms. The predicted octanol–water partition coefficient (Wildman–Crippen LogP) is 6.26. The Morgan fingerprint density at radius 3 is 2.13 bits per heavy atom. The van der Waals surface area contributed by atoms with Gasteiger partial charge in [-0.25, -0.2) is 0 Å². The highest BCUT2D eigenvalue weighted by atomic mass is 32.1. The van der Waals surface area contributed by atoms with E-state index in [0.29, 0.717) is 24.4 Å². The molecule has 4 aromatic rings. The van der Waals surface area contributed by atoms with E-state index in [0.717, 1.165) is 44.7 Å². The van der Waals surface area contributed by atoms with Crippen molar-refractivity contribution in [2.45, 2.75) is 33.2 Å². The third-order valence-electron chi connectivity index (χ3n) is 6.20. The monoisotopic (exact) mass is 541 g/mol. The number of esters is 1. The highest BCUT2D eigenvalue weighted by molar-refractivity contribution is 7.12. The third-order valence-corrected chi connectivity index (χ3v) is 7.13. The van der Waals surface area contributed by atoms with Crippen molar-refractivity contribution in [3.63, 3.8) is 0 Å². The molecule has 3 aromatic carbocycles. The topological polar surface area (TPSA) is 81.7 Å². The van der Waals surface area contributed by atoms with Crippen LogP contribution in [0.1, 0.15) is 40.2 Å². The number of hydrogen-bond donors (Lipinski definition) is 1. The fourth-order valence-electron chi connectivity index (χ4n) is 4.24. The Labute approximate surface area is 232 Å². The number of carbonyl (C=O) groups is 3. The first-order chi connectivity index (χ1) is 18.9. The van der Waals surface area contributed by atoms with Gasteiger partial charge in [-0.2, -0.15) is 0 Å². The fraction of sp³-hybridized carbons (Fsp3) is 0.219.